The first-order valence-electron chi connectivity index (χ1n) is 4.41. The van der Waals surface area contributed by atoms with Crippen LogP contribution >= 0.6 is 27.3 Å². The average Bonchev–Trinajstić information content (AvgIpc) is 2.46. The van der Waals surface area contributed by atoms with Crippen molar-refractivity contribution in [3.05, 3.63) is 20.3 Å². The van der Waals surface area contributed by atoms with Crippen LogP contribution in [0.1, 0.15) is 28.4 Å². The Morgan fingerprint density at radius 1 is 1.64 bits per heavy atom. The summed E-state index contributed by atoms with van der Waals surface area (Å²) >= 11 is 4.94. The number of hydrogen-bond acceptors (Lipinski definition) is 3. The van der Waals surface area contributed by atoms with Crippen LogP contribution in [0.5, 0.6) is 0 Å². The van der Waals surface area contributed by atoms with Crippen LogP contribution in [-0.2, 0) is 11.2 Å². The molecule has 0 saturated carbocycles. The zero-order chi connectivity index (χ0) is 10.7. The van der Waals surface area contributed by atoms with E-state index in [1.807, 2.05) is 6.07 Å². The van der Waals surface area contributed by atoms with Crippen LogP contribution in [0.2, 0.25) is 0 Å². The molecule has 0 saturated heterocycles. The molecule has 0 aliphatic heterocycles. The Balaban J connectivity index is 2.87. The standard InChI is InChI=1S/C10H13BrO2S/c1-6(2)4-8-7(11)5-9(14-8)10(12)13-3/h5-6H,4H2,1-3H3. The molecule has 0 aliphatic rings. The maximum atomic E-state index is 11.2. The van der Waals surface area contributed by atoms with Gasteiger partial charge in [-0.1, -0.05) is 13.8 Å². The van der Waals surface area contributed by atoms with Gasteiger partial charge in [-0.25, -0.2) is 4.79 Å². The second-order valence-corrected chi connectivity index (χ2v) is 5.46. The molecule has 1 heterocycles. The van der Waals surface area contributed by atoms with Gasteiger partial charge in [0.2, 0.25) is 0 Å². The Morgan fingerprint density at radius 2 is 2.29 bits per heavy atom. The van der Waals surface area contributed by atoms with Crippen LogP contribution in [0, 0.1) is 5.92 Å². The number of thiophene rings is 1. The molecule has 0 atom stereocenters. The second kappa shape index (κ2) is 4.94. The van der Waals surface area contributed by atoms with Crippen molar-refractivity contribution in [3.8, 4) is 0 Å². The van der Waals surface area contributed by atoms with Gasteiger partial charge in [-0.2, -0.15) is 0 Å². The lowest BCUT2D eigenvalue weighted by atomic mass is 10.1. The van der Waals surface area contributed by atoms with Gasteiger partial charge in [0.25, 0.3) is 0 Å². The first-order chi connectivity index (χ1) is 6.54. The van der Waals surface area contributed by atoms with Gasteiger partial charge in [0.15, 0.2) is 0 Å². The first-order valence-corrected chi connectivity index (χ1v) is 6.02. The zero-order valence-electron chi connectivity index (χ0n) is 8.46. The van der Waals surface area contributed by atoms with Crippen LogP contribution in [0.25, 0.3) is 0 Å². The van der Waals surface area contributed by atoms with E-state index < -0.39 is 0 Å². The highest BCUT2D eigenvalue weighted by Crippen LogP contribution is 2.29. The van der Waals surface area contributed by atoms with Crippen LogP contribution < -0.4 is 0 Å². The summed E-state index contributed by atoms with van der Waals surface area (Å²) in [6, 6.07) is 1.83. The third kappa shape index (κ3) is 2.82. The quantitative estimate of drug-likeness (QED) is 0.790. The Kier molecular flexibility index (Phi) is 4.13. The summed E-state index contributed by atoms with van der Waals surface area (Å²) in [4.78, 5) is 13.1. The van der Waals surface area contributed by atoms with Crippen molar-refractivity contribution < 1.29 is 9.53 Å². The largest absolute Gasteiger partial charge is 0.465 e. The molecule has 1 rings (SSSR count). The molecule has 1 aromatic rings. The van der Waals surface area contributed by atoms with Crippen molar-refractivity contribution in [1.29, 1.82) is 0 Å². The summed E-state index contributed by atoms with van der Waals surface area (Å²) in [5.41, 5.74) is 0. The molecule has 4 heteroatoms. The minimum atomic E-state index is -0.259. The van der Waals surface area contributed by atoms with Gasteiger partial charge in [0, 0.05) is 9.35 Å². The van der Waals surface area contributed by atoms with Crippen molar-refractivity contribution in [1.82, 2.24) is 0 Å². The minimum absolute atomic E-state index is 0.259. The van der Waals surface area contributed by atoms with E-state index in [4.69, 9.17) is 0 Å². The Morgan fingerprint density at radius 3 is 2.79 bits per heavy atom. The molecule has 2 nitrogen and oxygen atoms in total. The summed E-state index contributed by atoms with van der Waals surface area (Å²) in [5, 5.41) is 0. The predicted octanol–water partition coefficient (Wildman–Crippen LogP) is 3.50. The fourth-order valence-electron chi connectivity index (χ4n) is 1.12. The Labute approximate surface area is 96.4 Å². The number of carbonyl (C=O) groups excluding carboxylic acids is 1. The normalized spacial score (nSPS) is 10.6. The van der Waals surface area contributed by atoms with Crippen molar-refractivity contribution in [3.63, 3.8) is 0 Å². The number of halogens is 1. The SMILES string of the molecule is COC(=O)c1cc(Br)c(CC(C)C)s1. The third-order valence-electron chi connectivity index (χ3n) is 1.74. The van der Waals surface area contributed by atoms with Gasteiger partial charge in [-0.15, -0.1) is 11.3 Å². The van der Waals surface area contributed by atoms with E-state index in [2.05, 4.69) is 34.5 Å². The fraction of sp³-hybridized carbons (Fsp3) is 0.500. The van der Waals surface area contributed by atoms with Gasteiger partial charge in [0.1, 0.15) is 4.88 Å². The molecule has 0 spiro atoms. The van der Waals surface area contributed by atoms with E-state index in [1.165, 1.54) is 23.3 Å². The van der Waals surface area contributed by atoms with Gasteiger partial charge in [-0.05, 0) is 34.3 Å². The lowest BCUT2D eigenvalue weighted by Crippen LogP contribution is -1.96. The number of esters is 1. The third-order valence-corrected chi connectivity index (χ3v) is 3.84. The van der Waals surface area contributed by atoms with Crippen molar-refractivity contribution in [2.75, 3.05) is 7.11 Å². The average molecular weight is 277 g/mol. The molecule has 14 heavy (non-hydrogen) atoms. The van der Waals surface area contributed by atoms with E-state index in [0.29, 0.717) is 10.8 Å². The van der Waals surface area contributed by atoms with Crippen molar-refractivity contribution in [2.24, 2.45) is 5.92 Å². The monoisotopic (exact) mass is 276 g/mol. The van der Waals surface area contributed by atoms with E-state index in [9.17, 15) is 4.79 Å². The molecule has 0 aromatic carbocycles. The van der Waals surface area contributed by atoms with E-state index in [0.717, 1.165) is 10.9 Å². The Hall–Kier alpha value is -0.350. The summed E-state index contributed by atoms with van der Waals surface area (Å²) in [5.74, 6) is 0.334. The summed E-state index contributed by atoms with van der Waals surface area (Å²) in [6.07, 6.45) is 0.988. The maximum Gasteiger partial charge on any atom is 0.348 e. The molecule has 1 aromatic heterocycles. The predicted molar refractivity (Wildman–Crippen MR) is 61.9 cm³/mol. The topological polar surface area (TPSA) is 26.3 Å². The number of rotatable bonds is 3. The van der Waals surface area contributed by atoms with E-state index in [-0.39, 0.29) is 5.97 Å². The van der Waals surface area contributed by atoms with Crippen LogP contribution in [-0.4, -0.2) is 13.1 Å². The number of carbonyl (C=O) groups is 1. The lowest BCUT2D eigenvalue weighted by molar-refractivity contribution is 0.0606. The van der Waals surface area contributed by atoms with Gasteiger partial charge < -0.3 is 4.74 Å². The number of ether oxygens (including phenoxy) is 1. The Bertz CT molecular complexity index is 331. The fourth-order valence-corrected chi connectivity index (χ4v) is 3.08. The van der Waals surface area contributed by atoms with Crippen LogP contribution in [0.15, 0.2) is 10.5 Å². The number of hydrogen-bond donors (Lipinski definition) is 0. The highest BCUT2D eigenvalue weighted by Gasteiger charge is 2.13. The molecular formula is C10H13BrO2S. The minimum Gasteiger partial charge on any atom is -0.465 e. The molecule has 0 unspecified atom stereocenters. The molecule has 0 amide bonds. The van der Waals surface area contributed by atoms with Gasteiger partial charge in [0.05, 0.1) is 7.11 Å². The van der Waals surface area contributed by atoms with E-state index >= 15 is 0 Å². The zero-order valence-corrected chi connectivity index (χ0v) is 10.9. The van der Waals surface area contributed by atoms with Crippen LogP contribution in [0.4, 0.5) is 0 Å². The van der Waals surface area contributed by atoms with Crippen LogP contribution in [0.3, 0.4) is 0 Å². The number of methoxy groups -OCH3 is 1. The molecule has 78 valence electrons. The molecule has 0 radical (unpaired) electrons. The summed E-state index contributed by atoms with van der Waals surface area (Å²) in [7, 11) is 1.40. The molecule has 0 aliphatic carbocycles. The van der Waals surface area contributed by atoms with Gasteiger partial charge in [-0.3, -0.25) is 0 Å². The van der Waals surface area contributed by atoms with Crippen molar-refractivity contribution >= 4 is 33.2 Å². The van der Waals surface area contributed by atoms with E-state index in [1.54, 1.807) is 0 Å². The summed E-state index contributed by atoms with van der Waals surface area (Å²) < 4.78 is 5.67. The lowest BCUT2D eigenvalue weighted by Gasteiger charge is -2.01. The second-order valence-electron chi connectivity index (χ2n) is 3.47. The van der Waals surface area contributed by atoms with Gasteiger partial charge >= 0.3 is 5.97 Å². The molecule has 0 bridgehead atoms. The molecule has 0 N–H and O–H groups in total. The first kappa shape index (κ1) is 11.7. The smallest absolute Gasteiger partial charge is 0.348 e. The van der Waals surface area contributed by atoms with Crippen molar-refractivity contribution in [2.45, 2.75) is 20.3 Å². The maximum absolute atomic E-state index is 11.2. The summed E-state index contributed by atoms with van der Waals surface area (Å²) in [6.45, 7) is 4.31. The highest BCUT2D eigenvalue weighted by atomic mass is 79.9. The molecular weight excluding hydrogens is 264 g/mol. The highest BCUT2D eigenvalue weighted by molar-refractivity contribution is 9.10. The molecule has 0 fully saturated rings.